The Morgan fingerprint density at radius 3 is 2.93 bits per heavy atom. The van der Waals surface area contributed by atoms with Crippen molar-refractivity contribution in [1.82, 2.24) is 0 Å². The summed E-state index contributed by atoms with van der Waals surface area (Å²) in [5.41, 5.74) is 5.60. The zero-order valence-corrected chi connectivity index (χ0v) is 8.86. The first-order chi connectivity index (χ1) is 6.68. The molecule has 4 heteroatoms. The fourth-order valence-electron chi connectivity index (χ4n) is 2.46. The predicted octanol–water partition coefficient (Wildman–Crippen LogP) is 0.849. The average Bonchev–Trinajstić information content (AvgIpc) is 2.56. The molecule has 14 heavy (non-hydrogen) atoms. The van der Waals surface area contributed by atoms with Crippen molar-refractivity contribution in [3.05, 3.63) is 0 Å². The second-order valence-electron chi connectivity index (χ2n) is 4.30. The van der Waals surface area contributed by atoms with Gasteiger partial charge in [-0.15, -0.1) is 0 Å². The molecule has 4 atom stereocenters. The molecular formula is C10H19NO3. The third-order valence-corrected chi connectivity index (χ3v) is 3.10. The summed E-state index contributed by atoms with van der Waals surface area (Å²) in [6, 6.07) is 0. The summed E-state index contributed by atoms with van der Waals surface area (Å²) in [6.45, 7) is 2.79. The zero-order valence-electron chi connectivity index (χ0n) is 8.86. The van der Waals surface area contributed by atoms with Crippen molar-refractivity contribution in [2.24, 2.45) is 11.7 Å². The maximum Gasteiger partial charge on any atom is 0.160 e. The third-order valence-electron chi connectivity index (χ3n) is 3.10. The van der Waals surface area contributed by atoms with Crippen LogP contribution in [0.3, 0.4) is 0 Å². The van der Waals surface area contributed by atoms with E-state index in [9.17, 15) is 0 Å². The van der Waals surface area contributed by atoms with E-state index in [1.54, 1.807) is 7.11 Å². The first-order valence-electron chi connectivity index (χ1n) is 5.29. The number of ether oxygens (including phenoxy) is 3. The van der Waals surface area contributed by atoms with Crippen LogP contribution in [0.1, 0.15) is 26.2 Å². The SMILES string of the molecule is CCC1OC2CC(COC)CC2(N)O1. The van der Waals surface area contributed by atoms with Crippen molar-refractivity contribution >= 4 is 0 Å². The van der Waals surface area contributed by atoms with Crippen molar-refractivity contribution in [2.45, 2.75) is 44.3 Å². The Bertz CT molecular complexity index is 212. The molecule has 0 bridgehead atoms. The quantitative estimate of drug-likeness (QED) is 0.735. The molecule has 0 aromatic rings. The molecule has 0 aromatic carbocycles. The van der Waals surface area contributed by atoms with E-state index in [1.165, 1.54) is 0 Å². The number of hydrogen-bond donors (Lipinski definition) is 1. The Labute approximate surface area is 84.7 Å². The van der Waals surface area contributed by atoms with E-state index in [0.29, 0.717) is 5.92 Å². The van der Waals surface area contributed by atoms with Crippen molar-refractivity contribution in [2.75, 3.05) is 13.7 Å². The molecule has 0 radical (unpaired) electrons. The summed E-state index contributed by atoms with van der Waals surface area (Å²) >= 11 is 0. The van der Waals surface area contributed by atoms with Crippen LogP contribution in [0.5, 0.6) is 0 Å². The summed E-state index contributed by atoms with van der Waals surface area (Å²) in [5, 5.41) is 0. The van der Waals surface area contributed by atoms with Crippen LogP contribution in [0, 0.1) is 5.92 Å². The van der Waals surface area contributed by atoms with Gasteiger partial charge in [-0.25, -0.2) is 0 Å². The molecule has 2 aliphatic rings. The standard InChI is InChI=1S/C10H19NO3/c1-3-9-13-8-4-7(6-12-2)5-10(8,11)14-9/h7-9H,3-6,11H2,1-2H3. The van der Waals surface area contributed by atoms with E-state index in [2.05, 4.69) is 0 Å². The number of rotatable bonds is 3. The molecule has 0 aromatic heterocycles. The van der Waals surface area contributed by atoms with Crippen LogP contribution in [0.2, 0.25) is 0 Å². The number of methoxy groups -OCH3 is 1. The second-order valence-corrected chi connectivity index (χ2v) is 4.30. The lowest BCUT2D eigenvalue weighted by atomic mass is 10.1. The molecule has 1 aliphatic heterocycles. The Morgan fingerprint density at radius 2 is 2.36 bits per heavy atom. The van der Waals surface area contributed by atoms with Crippen molar-refractivity contribution in [3.8, 4) is 0 Å². The summed E-state index contributed by atoms with van der Waals surface area (Å²) in [4.78, 5) is 0. The van der Waals surface area contributed by atoms with Gasteiger partial charge in [0.2, 0.25) is 0 Å². The smallest absolute Gasteiger partial charge is 0.160 e. The molecule has 2 rings (SSSR count). The highest BCUT2D eigenvalue weighted by Gasteiger charge is 2.53. The van der Waals surface area contributed by atoms with Crippen LogP contribution in [0.4, 0.5) is 0 Å². The lowest BCUT2D eigenvalue weighted by Gasteiger charge is -2.21. The van der Waals surface area contributed by atoms with Gasteiger partial charge in [0.1, 0.15) is 11.8 Å². The van der Waals surface area contributed by atoms with Crippen LogP contribution >= 0.6 is 0 Å². The highest BCUT2D eigenvalue weighted by molar-refractivity contribution is 4.98. The molecule has 2 N–H and O–H groups in total. The minimum Gasteiger partial charge on any atom is -0.384 e. The number of nitrogens with two attached hydrogens (primary N) is 1. The zero-order chi connectivity index (χ0) is 10.2. The number of fused-ring (bicyclic) bond motifs is 1. The van der Waals surface area contributed by atoms with Crippen LogP contribution in [-0.2, 0) is 14.2 Å². The van der Waals surface area contributed by atoms with Crippen molar-refractivity contribution < 1.29 is 14.2 Å². The molecule has 4 unspecified atom stereocenters. The maximum absolute atomic E-state index is 6.15. The minimum absolute atomic E-state index is 0.0626. The predicted molar refractivity (Wildman–Crippen MR) is 51.6 cm³/mol. The van der Waals surface area contributed by atoms with Gasteiger partial charge >= 0.3 is 0 Å². The topological polar surface area (TPSA) is 53.7 Å². The molecule has 4 nitrogen and oxygen atoms in total. The summed E-state index contributed by atoms with van der Waals surface area (Å²) in [6.07, 6.45) is 2.63. The van der Waals surface area contributed by atoms with Crippen LogP contribution < -0.4 is 5.73 Å². The molecule has 1 aliphatic carbocycles. The lowest BCUT2D eigenvalue weighted by molar-refractivity contribution is -0.101. The molecule has 2 fully saturated rings. The maximum atomic E-state index is 6.15. The van der Waals surface area contributed by atoms with Crippen molar-refractivity contribution in [1.29, 1.82) is 0 Å². The first kappa shape index (κ1) is 10.4. The summed E-state index contributed by atoms with van der Waals surface area (Å²) in [7, 11) is 1.72. The molecule has 0 amide bonds. The number of hydrogen-bond acceptors (Lipinski definition) is 4. The second kappa shape index (κ2) is 3.77. The Balaban J connectivity index is 1.95. The van der Waals surface area contributed by atoms with E-state index in [1.807, 2.05) is 6.92 Å². The van der Waals surface area contributed by atoms with E-state index in [4.69, 9.17) is 19.9 Å². The normalized spacial score (nSPS) is 46.9. The van der Waals surface area contributed by atoms with Gasteiger partial charge in [-0.2, -0.15) is 0 Å². The summed E-state index contributed by atoms with van der Waals surface area (Å²) < 4.78 is 16.5. The van der Waals surface area contributed by atoms with Crippen LogP contribution in [-0.4, -0.2) is 31.8 Å². The third kappa shape index (κ3) is 1.67. The van der Waals surface area contributed by atoms with E-state index >= 15 is 0 Å². The molecule has 82 valence electrons. The fourth-order valence-corrected chi connectivity index (χ4v) is 2.46. The largest absolute Gasteiger partial charge is 0.384 e. The highest BCUT2D eigenvalue weighted by atomic mass is 16.7. The Hall–Kier alpha value is -0.160. The Kier molecular flexibility index (Phi) is 2.79. The molecule has 0 spiro atoms. The molecule has 1 saturated carbocycles. The average molecular weight is 201 g/mol. The van der Waals surface area contributed by atoms with Gasteiger partial charge in [0, 0.05) is 13.7 Å². The molecule has 1 saturated heterocycles. The first-order valence-corrected chi connectivity index (χ1v) is 5.29. The van der Waals surface area contributed by atoms with Gasteiger partial charge in [0.05, 0.1) is 0 Å². The molecular weight excluding hydrogens is 182 g/mol. The lowest BCUT2D eigenvalue weighted by Crippen LogP contribution is -2.45. The van der Waals surface area contributed by atoms with E-state index in [-0.39, 0.29) is 12.4 Å². The van der Waals surface area contributed by atoms with Crippen molar-refractivity contribution in [3.63, 3.8) is 0 Å². The highest BCUT2D eigenvalue weighted by Crippen LogP contribution is 2.42. The van der Waals surface area contributed by atoms with Gasteiger partial charge < -0.3 is 19.9 Å². The van der Waals surface area contributed by atoms with E-state index in [0.717, 1.165) is 25.9 Å². The molecule has 1 heterocycles. The Morgan fingerprint density at radius 1 is 1.57 bits per heavy atom. The fraction of sp³-hybridized carbons (Fsp3) is 1.00. The van der Waals surface area contributed by atoms with Gasteiger partial charge in [-0.1, -0.05) is 6.92 Å². The van der Waals surface area contributed by atoms with Gasteiger partial charge in [0.25, 0.3) is 0 Å². The van der Waals surface area contributed by atoms with Gasteiger partial charge in [-0.3, -0.25) is 0 Å². The van der Waals surface area contributed by atoms with Gasteiger partial charge in [0.15, 0.2) is 6.29 Å². The van der Waals surface area contributed by atoms with E-state index < -0.39 is 5.72 Å². The minimum atomic E-state index is -0.552. The van der Waals surface area contributed by atoms with Crippen LogP contribution in [0.15, 0.2) is 0 Å². The van der Waals surface area contributed by atoms with Gasteiger partial charge in [-0.05, 0) is 25.2 Å². The summed E-state index contributed by atoms with van der Waals surface area (Å²) in [5.74, 6) is 0.479. The monoisotopic (exact) mass is 201 g/mol. The van der Waals surface area contributed by atoms with Crippen LogP contribution in [0.25, 0.3) is 0 Å².